The van der Waals surface area contributed by atoms with Gasteiger partial charge in [0.1, 0.15) is 5.69 Å². The van der Waals surface area contributed by atoms with Crippen molar-refractivity contribution >= 4 is 23.4 Å². The number of nitro groups is 1. The van der Waals surface area contributed by atoms with E-state index in [0.29, 0.717) is 0 Å². The van der Waals surface area contributed by atoms with E-state index in [2.05, 4.69) is 0 Å². The van der Waals surface area contributed by atoms with Crippen molar-refractivity contribution in [2.75, 3.05) is 5.32 Å². The van der Waals surface area contributed by atoms with Crippen LogP contribution in [-0.4, -0.2) is 22.0 Å². The molecule has 8 heteroatoms. The van der Waals surface area contributed by atoms with Crippen LogP contribution in [0.5, 0.6) is 0 Å². The van der Waals surface area contributed by atoms with Crippen molar-refractivity contribution in [3.63, 3.8) is 0 Å². The van der Waals surface area contributed by atoms with Gasteiger partial charge >= 0.3 is 12.0 Å². The van der Waals surface area contributed by atoms with Gasteiger partial charge in [0, 0.05) is 6.07 Å². The molecule has 8 nitrogen and oxygen atoms in total. The van der Waals surface area contributed by atoms with Crippen LogP contribution in [0, 0.1) is 10.1 Å². The number of nitro benzene ring substituents is 1. The minimum absolute atomic E-state index is 0.395. The van der Waals surface area contributed by atoms with Crippen molar-refractivity contribution in [2.45, 2.75) is 0 Å². The lowest BCUT2D eigenvalue weighted by Crippen LogP contribution is -2.21. The van der Waals surface area contributed by atoms with Crippen LogP contribution < -0.4 is 11.1 Å². The number of carboxylic acids is 1. The van der Waals surface area contributed by atoms with E-state index in [9.17, 15) is 19.7 Å². The summed E-state index contributed by atoms with van der Waals surface area (Å²) in [7, 11) is 0. The zero-order valence-electron chi connectivity index (χ0n) is 7.84. The Morgan fingerprint density at radius 3 is 2.50 bits per heavy atom. The third kappa shape index (κ3) is 2.23. The summed E-state index contributed by atoms with van der Waals surface area (Å²) >= 11 is 0. The van der Waals surface area contributed by atoms with Gasteiger partial charge in [-0.1, -0.05) is 6.07 Å². The summed E-state index contributed by atoms with van der Waals surface area (Å²) < 4.78 is 0. The fraction of sp³-hybridized carbons (Fsp3) is 0. The number of para-hydroxylation sites is 1. The number of benzene rings is 1. The first-order valence-electron chi connectivity index (χ1n) is 4.00. The molecule has 1 aromatic rings. The highest BCUT2D eigenvalue weighted by Gasteiger charge is 2.22. The van der Waals surface area contributed by atoms with Gasteiger partial charge in [0.15, 0.2) is 0 Å². The van der Waals surface area contributed by atoms with E-state index >= 15 is 0 Å². The minimum atomic E-state index is -1.40. The second-order valence-corrected chi connectivity index (χ2v) is 2.75. The van der Waals surface area contributed by atoms with Gasteiger partial charge in [0.05, 0.1) is 10.5 Å². The number of rotatable bonds is 3. The third-order valence-corrected chi connectivity index (χ3v) is 1.72. The molecule has 1 aromatic carbocycles. The Balaban J connectivity index is 3.40. The fourth-order valence-electron chi connectivity index (χ4n) is 1.13. The first-order chi connectivity index (χ1) is 7.43. The Morgan fingerprint density at radius 2 is 2.06 bits per heavy atom. The number of carbonyl (C=O) groups is 2. The van der Waals surface area contributed by atoms with Gasteiger partial charge in [-0.2, -0.15) is 0 Å². The summed E-state index contributed by atoms with van der Waals surface area (Å²) in [5, 5.41) is 21.3. The first kappa shape index (κ1) is 11.4. The molecule has 0 atom stereocenters. The highest BCUT2D eigenvalue weighted by molar-refractivity contribution is 6.02. The highest BCUT2D eigenvalue weighted by Crippen LogP contribution is 2.27. The van der Waals surface area contributed by atoms with Crippen molar-refractivity contribution in [2.24, 2.45) is 5.73 Å². The highest BCUT2D eigenvalue weighted by atomic mass is 16.6. The van der Waals surface area contributed by atoms with Crippen LogP contribution in [-0.2, 0) is 0 Å². The topological polar surface area (TPSA) is 136 Å². The number of hydrogen-bond donors (Lipinski definition) is 3. The molecule has 0 unspecified atom stereocenters. The molecule has 0 spiro atoms. The molecule has 0 aliphatic heterocycles. The van der Waals surface area contributed by atoms with Gasteiger partial charge in [0.2, 0.25) is 0 Å². The molecule has 1 rings (SSSR count). The largest absolute Gasteiger partial charge is 0.478 e. The van der Waals surface area contributed by atoms with E-state index in [1.165, 1.54) is 6.07 Å². The summed E-state index contributed by atoms with van der Waals surface area (Å²) in [5.74, 6) is -1.40. The van der Waals surface area contributed by atoms with Crippen molar-refractivity contribution < 1.29 is 19.6 Å². The number of nitrogens with zero attached hydrogens (tertiary/aromatic N) is 1. The molecule has 0 saturated carbocycles. The average molecular weight is 225 g/mol. The number of urea groups is 1. The average Bonchev–Trinajstić information content (AvgIpc) is 2.16. The standard InChI is InChI=1S/C8H7N3O5/c9-8(14)10-6-4(7(12)13)2-1-3-5(6)11(15)16/h1-3H,(H,12,13)(H3,9,10,14). The second kappa shape index (κ2) is 4.26. The number of aromatic carboxylic acids is 1. The summed E-state index contributed by atoms with van der Waals surface area (Å²) in [6.07, 6.45) is 0. The molecule has 0 aliphatic carbocycles. The number of hydrogen-bond acceptors (Lipinski definition) is 4. The molecule has 0 bridgehead atoms. The molecule has 0 radical (unpaired) electrons. The van der Waals surface area contributed by atoms with Crippen molar-refractivity contribution in [1.82, 2.24) is 0 Å². The first-order valence-corrected chi connectivity index (χ1v) is 4.00. The summed E-state index contributed by atoms with van der Waals surface area (Å²) in [6, 6.07) is 2.32. The Morgan fingerprint density at radius 1 is 1.44 bits per heavy atom. The smallest absolute Gasteiger partial charge is 0.338 e. The van der Waals surface area contributed by atoms with Gasteiger partial charge in [-0.25, -0.2) is 9.59 Å². The Labute approximate surface area is 88.8 Å². The number of nitrogens with two attached hydrogens (primary N) is 1. The zero-order valence-corrected chi connectivity index (χ0v) is 7.84. The molecule has 84 valence electrons. The van der Waals surface area contributed by atoms with Gasteiger partial charge in [-0.15, -0.1) is 0 Å². The maximum absolute atomic E-state index is 10.8. The minimum Gasteiger partial charge on any atom is -0.478 e. The predicted molar refractivity (Wildman–Crippen MR) is 53.3 cm³/mol. The lowest BCUT2D eigenvalue weighted by atomic mass is 10.1. The molecular weight excluding hydrogens is 218 g/mol. The lowest BCUT2D eigenvalue weighted by molar-refractivity contribution is -0.383. The molecular formula is C8H7N3O5. The molecule has 0 aliphatic rings. The number of carbonyl (C=O) groups excluding carboxylic acids is 1. The molecule has 0 heterocycles. The number of amides is 2. The van der Waals surface area contributed by atoms with E-state index in [1.807, 2.05) is 5.32 Å². The summed E-state index contributed by atoms with van der Waals surface area (Å²) in [6.45, 7) is 0. The normalized spacial score (nSPS) is 9.50. The lowest BCUT2D eigenvalue weighted by Gasteiger charge is -2.06. The molecule has 0 fully saturated rings. The molecule has 4 N–H and O–H groups in total. The SMILES string of the molecule is NC(=O)Nc1c(C(=O)O)cccc1[N+](=O)[O-]. The van der Waals surface area contributed by atoms with Crippen LogP contribution in [0.15, 0.2) is 18.2 Å². The molecule has 16 heavy (non-hydrogen) atoms. The van der Waals surface area contributed by atoms with Crippen LogP contribution in [0.25, 0.3) is 0 Å². The monoisotopic (exact) mass is 225 g/mol. The van der Waals surface area contributed by atoms with Crippen LogP contribution in [0.4, 0.5) is 16.2 Å². The Hall–Kier alpha value is -2.64. The number of carboxylic acid groups (broad SMARTS) is 1. The maximum Gasteiger partial charge on any atom is 0.338 e. The van der Waals surface area contributed by atoms with E-state index in [0.717, 1.165) is 12.1 Å². The summed E-state index contributed by atoms with van der Waals surface area (Å²) in [4.78, 5) is 31.2. The number of anilines is 1. The fourth-order valence-corrected chi connectivity index (χ4v) is 1.13. The summed E-state index contributed by atoms with van der Waals surface area (Å²) in [5.41, 5.74) is 3.45. The van der Waals surface area contributed by atoms with E-state index < -0.39 is 33.9 Å². The van der Waals surface area contributed by atoms with E-state index in [1.54, 1.807) is 0 Å². The molecule has 0 saturated heterocycles. The number of nitrogens with one attached hydrogen (secondary N) is 1. The maximum atomic E-state index is 10.8. The van der Waals surface area contributed by atoms with Crippen molar-refractivity contribution in [1.29, 1.82) is 0 Å². The number of primary amides is 1. The van der Waals surface area contributed by atoms with Gasteiger partial charge in [-0.3, -0.25) is 10.1 Å². The Kier molecular flexibility index (Phi) is 3.04. The van der Waals surface area contributed by atoms with Gasteiger partial charge in [0.25, 0.3) is 5.69 Å². The van der Waals surface area contributed by atoms with Crippen LogP contribution in [0.3, 0.4) is 0 Å². The zero-order chi connectivity index (χ0) is 12.3. The third-order valence-electron chi connectivity index (χ3n) is 1.72. The predicted octanol–water partition coefficient (Wildman–Crippen LogP) is 0.784. The van der Waals surface area contributed by atoms with E-state index in [4.69, 9.17) is 10.8 Å². The van der Waals surface area contributed by atoms with Gasteiger partial charge < -0.3 is 16.2 Å². The van der Waals surface area contributed by atoms with Crippen LogP contribution in [0.1, 0.15) is 10.4 Å². The molecule has 0 aromatic heterocycles. The quantitative estimate of drug-likeness (QED) is 0.515. The van der Waals surface area contributed by atoms with Crippen LogP contribution >= 0.6 is 0 Å². The van der Waals surface area contributed by atoms with Crippen LogP contribution in [0.2, 0.25) is 0 Å². The van der Waals surface area contributed by atoms with Gasteiger partial charge in [-0.05, 0) is 6.07 Å². The van der Waals surface area contributed by atoms with Crippen molar-refractivity contribution in [3.05, 3.63) is 33.9 Å². The molecule has 2 amide bonds. The van der Waals surface area contributed by atoms with E-state index in [-0.39, 0.29) is 0 Å². The Bertz CT molecular complexity index is 438. The second-order valence-electron chi connectivity index (χ2n) is 2.75. The van der Waals surface area contributed by atoms with Crippen molar-refractivity contribution in [3.8, 4) is 0 Å².